The van der Waals surface area contributed by atoms with E-state index in [-0.39, 0.29) is 5.92 Å². The molecular formula is C11H14O2. The van der Waals surface area contributed by atoms with E-state index in [9.17, 15) is 4.79 Å². The summed E-state index contributed by atoms with van der Waals surface area (Å²) >= 11 is 0. The highest BCUT2D eigenvalue weighted by Gasteiger charge is 2.11. The molecule has 1 atom stereocenters. The molecule has 0 fully saturated rings. The summed E-state index contributed by atoms with van der Waals surface area (Å²) in [6.07, 6.45) is 1.78. The largest absolute Gasteiger partial charge is 0.496 e. The molecule has 2 heteroatoms. The van der Waals surface area contributed by atoms with Crippen molar-refractivity contribution in [2.75, 3.05) is 7.11 Å². The topological polar surface area (TPSA) is 26.3 Å². The molecule has 0 aliphatic carbocycles. The average Bonchev–Trinajstić information content (AvgIpc) is 2.20. The van der Waals surface area contributed by atoms with Crippen LogP contribution < -0.4 is 4.74 Å². The normalized spacial score (nSPS) is 12.2. The van der Waals surface area contributed by atoms with Gasteiger partial charge in [-0.3, -0.25) is 0 Å². The summed E-state index contributed by atoms with van der Waals surface area (Å²) in [5.74, 6) is 0.748. The maximum Gasteiger partial charge on any atom is 0.127 e. The van der Waals surface area contributed by atoms with Gasteiger partial charge in [-0.15, -0.1) is 0 Å². The van der Waals surface area contributed by atoms with Gasteiger partial charge in [-0.05, 0) is 12.5 Å². The van der Waals surface area contributed by atoms with Gasteiger partial charge < -0.3 is 9.53 Å². The van der Waals surface area contributed by atoms with Crippen molar-refractivity contribution in [2.45, 2.75) is 19.3 Å². The summed E-state index contributed by atoms with van der Waals surface area (Å²) in [5, 5.41) is 0. The quantitative estimate of drug-likeness (QED) is 0.662. The minimum atomic E-state index is -0.0452. The van der Waals surface area contributed by atoms with Gasteiger partial charge in [-0.2, -0.15) is 0 Å². The van der Waals surface area contributed by atoms with Gasteiger partial charge in [0.15, 0.2) is 0 Å². The van der Waals surface area contributed by atoms with E-state index in [0.29, 0.717) is 0 Å². The third-order valence-corrected chi connectivity index (χ3v) is 2.14. The zero-order valence-electron chi connectivity index (χ0n) is 7.99. The van der Waals surface area contributed by atoms with Crippen LogP contribution >= 0.6 is 0 Å². The smallest absolute Gasteiger partial charge is 0.127 e. The van der Waals surface area contributed by atoms with E-state index in [0.717, 1.165) is 24.0 Å². The van der Waals surface area contributed by atoms with Crippen molar-refractivity contribution in [1.82, 2.24) is 0 Å². The summed E-state index contributed by atoms with van der Waals surface area (Å²) in [6, 6.07) is 7.63. The van der Waals surface area contributed by atoms with Gasteiger partial charge in [-0.25, -0.2) is 0 Å². The summed E-state index contributed by atoms with van der Waals surface area (Å²) in [5.41, 5.74) is 0.975. The fraction of sp³-hybridized carbons (Fsp3) is 0.364. The first kappa shape index (κ1) is 9.78. The van der Waals surface area contributed by atoms with Gasteiger partial charge >= 0.3 is 0 Å². The Morgan fingerprint density at radius 1 is 1.46 bits per heavy atom. The van der Waals surface area contributed by atoms with Crippen LogP contribution in [0, 0.1) is 0 Å². The first-order chi connectivity index (χ1) is 6.33. The van der Waals surface area contributed by atoms with E-state index in [1.54, 1.807) is 7.11 Å². The lowest BCUT2D eigenvalue weighted by Gasteiger charge is -2.11. The van der Waals surface area contributed by atoms with Crippen molar-refractivity contribution in [3.8, 4) is 5.75 Å². The zero-order valence-corrected chi connectivity index (χ0v) is 7.99. The third kappa shape index (κ3) is 2.08. The highest BCUT2D eigenvalue weighted by molar-refractivity contribution is 5.64. The van der Waals surface area contributed by atoms with Crippen LogP contribution in [-0.4, -0.2) is 13.4 Å². The maximum atomic E-state index is 10.7. The lowest BCUT2D eigenvalue weighted by molar-refractivity contribution is -0.109. The summed E-state index contributed by atoms with van der Waals surface area (Å²) in [4.78, 5) is 10.7. The first-order valence-electron chi connectivity index (χ1n) is 4.41. The minimum Gasteiger partial charge on any atom is -0.496 e. The number of hydrogen-bond acceptors (Lipinski definition) is 2. The predicted octanol–water partition coefficient (Wildman–Crippen LogP) is 2.39. The van der Waals surface area contributed by atoms with Gasteiger partial charge in [0.2, 0.25) is 0 Å². The highest BCUT2D eigenvalue weighted by atomic mass is 16.5. The van der Waals surface area contributed by atoms with E-state index < -0.39 is 0 Å². The van der Waals surface area contributed by atoms with Crippen molar-refractivity contribution in [3.05, 3.63) is 29.8 Å². The molecule has 0 aromatic heterocycles. The molecular weight excluding hydrogens is 164 g/mol. The van der Waals surface area contributed by atoms with Crippen LogP contribution in [0.15, 0.2) is 24.3 Å². The van der Waals surface area contributed by atoms with E-state index in [1.807, 2.05) is 31.2 Å². The van der Waals surface area contributed by atoms with Crippen LogP contribution in [0.1, 0.15) is 24.8 Å². The number of para-hydroxylation sites is 1. The monoisotopic (exact) mass is 178 g/mol. The average molecular weight is 178 g/mol. The Morgan fingerprint density at radius 3 is 2.69 bits per heavy atom. The second kappa shape index (κ2) is 4.65. The lowest BCUT2D eigenvalue weighted by atomic mass is 9.97. The molecule has 0 bridgehead atoms. The number of carbonyl (C=O) groups excluding carboxylic acids is 1. The van der Waals surface area contributed by atoms with Crippen LogP contribution in [0.5, 0.6) is 5.75 Å². The van der Waals surface area contributed by atoms with Gasteiger partial charge in [0.1, 0.15) is 12.0 Å². The Kier molecular flexibility index (Phi) is 3.50. The number of methoxy groups -OCH3 is 1. The standard InChI is InChI=1S/C11H14O2/c1-3-9(8-12)10-6-4-5-7-11(10)13-2/h4-9H,3H2,1-2H3. The van der Waals surface area contributed by atoms with Crippen LogP contribution in [0.4, 0.5) is 0 Å². The Bertz CT molecular complexity index is 281. The molecule has 0 heterocycles. The molecule has 13 heavy (non-hydrogen) atoms. The number of rotatable bonds is 4. The van der Waals surface area contributed by atoms with Crippen LogP contribution in [0.2, 0.25) is 0 Å². The molecule has 0 radical (unpaired) electrons. The molecule has 2 nitrogen and oxygen atoms in total. The Hall–Kier alpha value is -1.31. The van der Waals surface area contributed by atoms with E-state index in [4.69, 9.17) is 4.74 Å². The van der Waals surface area contributed by atoms with Crippen LogP contribution in [0.25, 0.3) is 0 Å². The van der Waals surface area contributed by atoms with Crippen molar-refractivity contribution in [2.24, 2.45) is 0 Å². The summed E-state index contributed by atoms with van der Waals surface area (Å²) in [7, 11) is 1.62. The highest BCUT2D eigenvalue weighted by Crippen LogP contribution is 2.26. The predicted molar refractivity (Wildman–Crippen MR) is 52.1 cm³/mol. The third-order valence-electron chi connectivity index (χ3n) is 2.14. The number of benzene rings is 1. The molecule has 0 N–H and O–H groups in total. The van der Waals surface area contributed by atoms with Crippen molar-refractivity contribution < 1.29 is 9.53 Å². The molecule has 1 unspecified atom stereocenters. The van der Waals surface area contributed by atoms with E-state index >= 15 is 0 Å². The molecule has 0 spiro atoms. The molecule has 70 valence electrons. The lowest BCUT2D eigenvalue weighted by Crippen LogP contribution is -2.01. The van der Waals surface area contributed by atoms with Gasteiger partial charge in [0.05, 0.1) is 7.11 Å². The second-order valence-corrected chi connectivity index (χ2v) is 2.89. The zero-order chi connectivity index (χ0) is 9.68. The van der Waals surface area contributed by atoms with Gasteiger partial charge in [0.25, 0.3) is 0 Å². The molecule has 1 aromatic rings. The number of aldehydes is 1. The van der Waals surface area contributed by atoms with Crippen molar-refractivity contribution >= 4 is 6.29 Å². The molecule has 0 saturated carbocycles. The fourth-order valence-corrected chi connectivity index (χ4v) is 1.36. The molecule has 0 aliphatic rings. The van der Waals surface area contributed by atoms with Gasteiger partial charge in [-0.1, -0.05) is 25.1 Å². The summed E-state index contributed by atoms with van der Waals surface area (Å²) in [6.45, 7) is 1.99. The molecule has 0 amide bonds. The SMILES string of the molecule is CCC(C=O)c1ccccc1OC. The summed E-state index contributed by atoms with van der Waals surface area (Å²) < 4.78 is 5.17. The second-order valence-electron chi connectivity index (χ2n) is 2.89. The first-order valence-corrected chi connectivity index (χ1v) is 4.41. The van der Waals surface area contributed by atoms with Crippen molar-refractivity contribution in [1.29, 1.82) is 0 Å². The Labute approximate surface area is 78.5 Å². The molecule has 1 aromatic carbocycles. The number of carbonyl (C=O) groups is 1. The van der Waals surface area contributed by atoms with Gasteiger partial charge in [0, 0.05) is 11.5 Å². The van der Waals surface area contributed by atoms with Crippen LogP contribution in [-0.2, 0) is 4.79 Å². The Balaban J connectivity index is 3.03. The van der Waals surface area contributed by atoms with Crippen molar-refractivity contribution in [3.63, 3.8) is 0 Å². The Morgan fingerprint density at radius 2 is 2.15 bits per heavy atom. The number of ether oxygens (including phenoxy) is 1. The maximum absolute atomic E-state index is 10.7. The van der Waals surface area contributed by atoms with Crippen LogP contribution in [0.3, 0.4) is 0 Å². The molecule has 1 rings (SSSR count). The van der Waals surface area contributed by atoms with E-state index in [2.05, 4.69) is 0 Å². The number of hydrogen-bond donors (Lipinski definition) is 0. The minimum absolute atomic E-state index is 0.0452. The fourth-order valence-electron chi connectivity index (χ4n) is 1.36. The van der Waals surface area contributed by atoms with E-state index in [1.165, 1.54) is 0 Å². The molecule has 0 saturated heterocycles. The molecule has 0 aliphatic heterocycles.